The highest BCUT2D eigenvalue weighted by molar-refractivity contribution is 7.15. The molecule has 1 heterocycles. The zero-order chi connectivity index (χ0) is 13.9. The lowest BCUT2D eigenvalue weighted by atomic mass is 10.1. The van der Waals surface area contributed by atoms with E-state index in [4.69, 9.17) is 0 Å². The molecule has 0 aliphatic rings. The van der Waals surface area contributed by atoms with Crippen LogP contribution in [0.25, 0.3) is 10.4 Å². The van der Waals surface area contributed by atoms with Crippen LogP contribution in [0.4, 0.5) is 13.2 Å². The molecule has 0 saturated carbocycles. The van der Waals surface area contributed by atoms with E-state index in [2.05, 4.69) is 5.32 Å². The monoisotopic (exact) mass is 285 g/mol. The Kier molecular flexibility index (Phi) is 4.27. The fourth-order valence-electron chi connectivity index (χ4n) is 1.70. The van der Waals surface area contributed by atoms with Gasteiger partial charge in [-0.15, -0.1) is 11.3 Å². The summed E-state index contributed by atoms with van der Waals surface area (Å²) in [6.07, 6.45) is -4.27. The summed E-state index contributed by atoms with van der Waals surface area (Å²) in [7, 11) is 0. The van der Waals surface area contributed by atoms with Gasteiger partial charge in [-0.05, 0) is 36.4 Å². The van der Waals surface area contributed by atoms with E-state index in [1.807, 2.05) is 19.1 Å². The average Bonchev–Trinajstić information content (AvgIpc) is 2.84. The van der Waals surface area contributed by atoms with Gasteiger partial charge in [0.05, 0.1) is 5.56 Å². The van der Waals surface area contributed by atoms with E-state index in [-0.39, 0.29) is 0 Å². The molecule has 0 aliphatic heterocycles. The van der Waals surface area contributed by atoms with Crippen LogP contribution >= 0.6 is 11.3 Å². The first-order valence-electron chi connectivity index (χ1n) is 5.98. The van der Waals surface area contributed by atoms with E-state index in [1.165, 1.54) is 17.0 Å². The molecular weight excluding hydrogens is 271 g/mol. The average molecular weight is 285 g/mol. The molecule has 1 nitrogen and oxygen atoms in total. The largest absolute Gasteiger partial charge is 0.416 e. The summed E-state index contributed by atoms with van der Waals surface area (Å²) in [4.78, 5) is 2.17. The van der Waals surface area contributed by atoms with E-state index in [1.54, 1.807) is 11.3 Å². The summed E-state index contributed by atoms with van der Waals surface area (Å²) in [6.45, 7) is 3.72. The number of nitrogens with one attached hydrogen (secondary N) is 1. The van der Waals surface area contributed by atoms with Gasteiger partial charge in [0.15, 0.2) is 0 Å². The Balaban J connectivity index is 2.16. The van der Waals surface area contributed by atoms with Gasteiger partial charge in [-0.1, -0.05) is 19.1 Å². The predicted octanol–water partition coefficient (Wildman–Crippen LogP) is 4.54. The molecule has 0 amide bonds. The van der Waals surface area contributed by atoms with Crippen LogP contribution in [0.3, 0.4) is 0 Å². The summed E-state index contributed by atoms with van der Waals surface area (Å²) in [5.74, 6) is 0. The summed E-state index contributed by atoms with van der Waals surface area (Å²) in [6, 6.07) is 9.23. The van der Waals surface area contributed by atoms with Gasteiger partial charge in [0.25, 0.3) is 0 Å². The van der Waals surface area contributed by atoms with E-state index in [0.717, 1.165) is 35.7 Å². The quantitative estimate of drug-likeness (QED) is 0.869. The minimum atomic E-state index is -4.27. The zero-order valence-electron chi connectivity index (χ0n) is 10.4. The lowest BCUT2D eigenvalue weighted by Gasteiger charge is -2.06. The molecule has 2 rings (SSSR count). The van der Waals surface area contributed by atoms with Crippen molar-refractivity contribution in [3.8, 4) is 10.4 Å². The number of rotatable bonds is 4. The highest BCUT2D eigenvalue weighted by atomic mass is 32.1. The van der Waals surface area contributed by atoms with Crippen LogP contribution in [0.5, 0.6) is 0 Å². The molecular formula is C14H14F3NS. The molecule has 0 fully saturated rings. The highest BCUT2D eigenvalue weighted by Crippen LogP contribution is 2.33. The molecule has 0 atom stereocenters. The Morgan fingerprint density at radius 3 is 2.32 bits per heavy atom. The maximum Gasteiger partial charge on any atom is 0.416 e. The Morgan fingerprint density at radius 1 is 1.05 bits per heavy atom. The van der Waals surface area contributed by atoms with Crippen molar-refractivity contribution in [1.29, 1.82) is 0 Å². The topological polar surface area (TPSA) is 12.0 Å². The molecule has 1 aromatic heterocycles. The number of alkyl halides is 3. The molecule has 2 aromatic rings. The molecule has 102 valence electrons. The first-order valence-corrected chi connectivity index (χ1v) is 6.79. The third-order valence-electron chi connectivity index (χ3n) is 2.71. The van der Waals surface area contributed by atoms with Crippen molar-refractivity contribution in [1.82, 2.24) is 5.32 Å². The Morgan fingerprint density at radius 2 is 1.74 bits per heavy atom. The van der Waals surface area contributed by atoms with Gasteiger partial charge in [0.1, 0.15) is 0 Å². The smallest absolute Gasteiger partial charge is 0.312 e. The van der Waals surface area contributed by atoms with Crippen molar-refractivity contribution >= 4 is 11.3 Å². The van der Waals surface area contributed by atoms with Gasteiger partial charge in [0, 0.05) is 16.3 Å². The number of hydrogen-bond donors (Lipinski definition) is 1. The predicted molar refractivity (Wildman–Crippen MR) is 72.1 cm³/mol. The van der Waals surface area contributed by atoms with E-state index >= 15 is 0 Å². The van der Waals surface area contributed by atoms with Gasteiger partial charge in [0.2, 0.25) is 0 Å². The van der Waals surface area contributed by atoms with Crippen LogP contribution in [0.1, 0.15) is 17.4 Å². The van der Waals surface area contributed by atoms with Gasteiger partial charge < -0.3 is 5.32 Å². The van der Waals surface area contributed by atoms with Crippen LogP contribution in [0.15, 0.2) is 36.4 Å². The SMILES string of the molecule is CCNCc1ccc(-c2ccc(C(F)(F)F)cc2)s1. The van der Waals surface area contributed by atoms with Crippen molar-refractivity contribution in [2.24, 2.45) is 0 Å². The van der Waals surface area contributed by atoms with Gasteiger partial charge in [-0.3, -0.25) is 0 Å². The van der Waals surface area contributed by atoms with Crippen LogP contribution in [-0.4, -0.2) is 6.54 Å². The van der Waals surface area contributed by atoms with Gasteiger partial charge in [-0.2, -0.15) is 13.2 Å². The lowest BCUT2D eigenvalue weighted by molar-refractivity contribution is -0.137. The van der Waals surface area contributed by atoms with Crippen molar-refractivity contribution < 1.29 is 13.2 Å². The molecule has 5 heteroatoms. The Bertz CT molecular complexity index is 528. The fraction of sp³-hybridized carbons (Fsp3) is 0.286. The van der Waals surface area contributed by atoms with E-state index < -0.39 is 11.7 Å². The second kappa shape index (κ2) is 5.75. The summed E-state index contributed by atoms with van der Waals surface area (Å²) in [5.41, 5.74) is 0.210. The minimum Gasteiger partial charge on any atom is -0.312 e. The summed E-state index contributed by atoms with van der Waals surface area (Å²) >= 11 is 1.60. The molecule has 0 radical (unpaired) electrons. The number of thiophene rings is 1. The van der Waals surface area contributed by atoms with Crippen LogP contribution in [-0.2, 0) is 12.7 Å². The fourth-order valence-corrected chi connectivity index (χ4v) is 2.68. The minimum absolute atomic E-state index is 0.610. The molecule has 0 aliphatic carbocycles. The third-order valence-corrected chi connectivity index (χ3v) is 3.84. The van der Waals surface area contributed by atoms with Crippen LogP contribution in [0.2, 0.25) is 0 Å². The van der Waals surface area contributed by atoms with Crippen LogP contribution < -0.4 is 5.32 Å². The Labute approximate surface area is 114 Å². The second-order valence-electron chi connectivity index (χ2n) is 4.12. The zero-order valence-corrected chi connectivity index (χ0v) is 11.2. The summed E-state index contributed by atoms with van der Waals surface area (Å²) < 4.78 is 37.4. The highest BCUT2D eigenvalue weighted by Gasteiger charge is 2.29. The first-order chi connectivity index (χ1) is 9.00. The van der Waals surface area contributed by atoms with Crippen LogP contribution in [0, 0.1) is 0 Å². The molecule has 19 heavy (non-hydrogen) atoms. The third kappa shape index (κ3) is 3.58. The molecule has 0 unspecified atom stereocenters. The van der Waals surface area contributed by atoms with E-state index in [0.29, 0.717) is 0 Å². The van der Waals surface area contributed by atoms with Gasteiger partial charge in [-0.25, -0.2) is 0 Å². The van der Waals surface area contributed by atoms with Crippen molar-refractivity contribution in [2.75, 3.05) is 6.54 Å². The lowest BCUT2D eigenvalue weighted by Crippen LogP contribution is -2.10. The summed E-state index contributed by atoms with van der Waals surface area (Å²) in [5, 5.41) is 3.22. The standard InChI is InChI=1S/C14H14F3NS/c1-2-18-9-12-7-8-13(19-12)10-3-5-11(6-4-10)14(15,16)17/h3-8,18H,2,9H2,1H3. The van der Waals surface area contributed by atoms with Crippen molar-refractivity contribution in [3.05, 3.63) is 46.8 Å². The van der Waals surface area contributed by atoms with E-state index in [9.17, 15) is 13.2 Å². The maximum absolute atomic E-state index is 12.5. The van der Waals surface area contributed by atoms with Crippen molar-refractivity contribution in [2.45, 2.75) is 19.6 Å². The molecule has 1 N–H and O–H groups in total. The van der Waals surface area contributed by atoms with Crippen molar-refractivity contribution in [3.63, 3.8) is 0 Å². The molecule has 0 spiro atoms. The molecule has 1 aromatic carbocycles. The molecule has 0 saturated heterocycles. The normalized spacial score (nSPS) is 11.8. The Hall–Kier alpha value is -1.33. The number of halogens is 3. The second-order valence-corrected chi connectivity index (χ2v) is 5.29. The maximum atomic E-state index is 12.5. The first kappa shape index (κ1) is 14.1. The number of benzene rings is 1. The molecule has 0 bridgehead atoms. The number of hydrogen-bond acceptors (Lipinski definition) is 2. The van der Waals surface area contributed by atoms with Gasteiger partial charge >= 0.3 is 6.18 Å².